The van der Waals surface area contributed by atoms with Crippen molar-refractivity contribution in [2.45, 2.75) is 18.6 Å². The highest BCUT2D eigenvalue weighted by Gasteiger charge is 2.38. The smallest absolute Gasteiger partial charge is 0.326 e. The summed E-state index contributed by atoms with van der Waals surface area (Å²) in [4.78, 5) is 24.0. The Balaban J connectivity index is 1.99. The SMILES string of the molecule is O=C(O)[C@@H]1CC(O)CN1C(=O)COc1ccc(Br)cc1F. The van der Waals surface area contributed by atoms with Gasteiger partial charge in [0.15, 0.2) is 18.2 Å². The molecule has 1 aromatic rings. The molecule has 2 rings (SSSR count). The van der Waals surface area contributed by atoms with Crippen molar-refractivity contribution in [1.82, 2.24) is 4.90 Å². The number of ether oxygens (including phenoxy) is 1. The molecule has 0 aromatic heterocycles. The molecule has 114 valence electrons. The van der Waals surface area contributed by atoms with Crippen molar-refractivity contribution in [1.29, 1.82) is 0 Å². The van der Waals surface area contributed by atoms with Gasteiger partial charge in [-0.15, -0.1) is 0 Å². The first-order valence-corrected chi connectivity index (χ1v) is 6.96. The number of hydrogen-bond acceptors (Lipinski definition) is 4. The minimum Gasteiger partial charge on any atom is -0.481 e. The molecule has 1 saturated heterocycles. The monoisotopic (exact) mass is 361 g/mol. The van der Waals surface area contributed by atoms with Crippen LogP contribution in [0.1, 0.15) is 6.42 Å². The molecule has 2 N–H and O–H groups in total. The quantitative estimate of drug-likeness (QED) is 0.835. The summed E-state index contributed by atoms with van der Waals surface area (Å²) in [5, 5.41) is 18.5. The lowest BCUT2D eigenvalue weighted by Crippen LogP contribution is -2.43. The third-order valence-electron chi connectivity index (χ3n) is 3.13. The molecule has 1 unspecified atom stereocenters. The lowest BCUT2D eigenvalue weighted by molar-refractivity contribution is -0.149. The van der Waals surface area contributed by atoms with Gasteiger partial charge in [-0.2, -0.15) is 0 Å². The standard InChI is InChI=1S/C13H13BrFNO5/c14-7-1-2-11(9(15)3-7)21-6-12(18)16-5-8(17)4-10(16)13(19)20/h1-3,8,10,17H,4-6H2,(H,19,20)/t8?,10-/m0/s1. The molecule has 1 heterocycles. The maximum atomic E-state index is 13.5. The molecule has 1 aliphatic heterocycles. The van der Waals surface area contributed by atoms with Crippen LogP contribution < -0.4 is 4.74 Å². The molecule has 21 heavy (non-hydrogen) atoms. The second-order valence-electron chi connectivity index (χ2n) is 4.65. The van der Waals surface area contributed by atoms with Gasteiger partial charge in [0, 0.05) is 17.4 Å². The number of rotatable bonds is 4. The second kappa shape index (κ2) is 6.40. The number of aliphatic carboxylic acids is 1. The molecule has 1 aliphatic rings. The van der Waals surface area contributed by atoms with Gasteiger partial charge in [-0.05, 0) is 18.2 Å². The van der Waals surface area contributed by atoms with Crippen LogP contribution in [0.5, 0.6) is 5.75 Å². The average molecular weight is 362 g/mol. The number of halogens is 2. The maximum absolute atomic E-state index is 13.5. The minimum atomic E-state index is -1.19. The molecule has 0 saturated carbocycles. The minimum absolute atomic E-state index is 0.0201. The fourth-order valence-electron chi connectivity index (χ4n) is 2.14. The van der Waals surface area contributed by atoms with Crippen molar-refractivity contribution in [2.24, 2.45) is 0 Å². The second-order valence-corrected chi connectivity index (χ2v) is 5.57. The van der Waals surface area contributed by atoms with Gasteiger partial charge in [-0.1, -0.05) is 15.9 Å². The number of likely N-dealkylation sites (tertiary alicyclic amines) is 1. The van der Waals surface area contributed by atoms with Crippen molar-refractivity contribution in [3.8, 4) is 5.75 Å². The van der Waals surface area contributed by atoms with Crippen LogP contribution in [-0.2, 0) is 9.59 Å². The molecule has 0 spiro atoms. The predicted molar refractivity (Wildman–Crippen MR) is 73.4 cm³/mol. The first-order valence-electron chi connectivity index (χ1n) is 6.16. The molecule has 6 nitrogen and oxygen atoms in total. The summed E-state index contributed by atoms with van der Waals surface area (Å²) in [5.41, 5.74) is 0. The van der Waals surface area contributed by atoms with Gasteiger partial charge in [0.05, 0.1) is 6.10 Å². The highest BCUT2D eigenvalue weighted by Crippen LogP contribution is 2.22. The summed E-state index contributed by atoms with van der Waals surface area (Å²) in [5.74, 6) is -2.53. The Morgan fingerprint density at radius 3 is 2.81 bits per heavy atom. The van der Waals surface area contributed by atoms with E-state index in [2.05, 4.69) is 15.9 Å². The average Bonchev–Trinajstić information content (AvgIpc) is 2.80. The van der Waals surface area contributed by atoms with E-state index < -0.39 is 36.4 Å². The number of carboxylic acid groups (broad SMARTS) is 1. The molecule has 1 aromatic carbocycles. The largest absolute Gasteiger partial charge is 0.481 e. The van der Waals surface area contributed by atoms with E-state index in [1.165, 1.54) is 12.1 Å². The Labute approximate surface area is 128 Å². The number of amides is 1. The Kier molecular flexibility index (Phi) is 4.79. The van der Waals surface area contributed by atoms with Crippen LogP contribution in [0.2, 0.25) is 0 Å². The number of aliphatic hydroxyl groups excluding tert-OH is 1. The predicted octanol–water partition coefficient (Wildman–Crippen LogP) is 1.01. The number of benzene rings is 1. The number of carbonyl (C=O) groups is 2. The van der Waals surface area contributed by atoms with E-state index in [1.54, 1.807) is 6.07 Å². The van der Waals surface area contributed by atoms with Gasteiger partial charge in [-0.25, -0.2) is 9.18 Å². The van der Waals surface area contributed by atoms with E-state index >= 15 is 0 Å². The molecule has 1 fully saturated rings. The molecular weight excluding hydrogens is 349 g/mol. The molecule has 2 atom stereocenters. The van der Waals surface area contributed by atoms with Crippen molar-refractivity contribution in [2.75, 3.05) is 13.2 Å². The first-order chi connectivity index (χ1) is 9.88. The molecule has 0 bridgehead atoms. The van der Waals surface area contributed by atoms with E-state index in [0.717, 1.165) is 4.90 Å². The van der Waals surface area contributed by atoms with Crippen molar-refractivity contribution < 1.29 is 28.9 Å². The van der Waals surface area contributed by atoms with Gasteiger partial charge in [-0.3, -0.25) is 4.79 Å². The van der Waals surface area contributed by atoms with Crippen molar-refractivity contribution >= 4 is 27.8 Å². The van der Waals surface area contributed by atoms with Crippen molar-refractivity contribution in [3.63, 3.8) is 0 Å². The van der Waals surface area contributed by atoms with Gasteiger partial charge >= 0.3 is 5.97 Å². The molecule has 8 heteroatoms. The van der Waals surface area contributed by atoms with Gasteiger partial charge in [0.1, 0.15) is 6.04 Å². The lowest BCUT2D eigenvalue weighted by Gasteiger charge is -2.21. The molecule has 1 amide bonds. The van der Waals surface area contributed by atoms with Crippen LogP contribution >= 0.6 is 15.9 Å². The van der Waals surface area contributed by atoms with Crippen LogP contribution in [0.15, 0.2) is 22.7 Å². The summed E-state index contributed by atoms with van der Waals surface area (Å²) in [7, 11) is 0. The van der Waals surface area contributed by atoms with Crippen molar-refractivity contribution in [3.05, 3.63) is 28.5 Å². The third-order valence-corrected chi connectivity index (χ3v) is 3.62. The van der Waals surface area contributed by atoms with E-state index in [4.69, 9.17) is 9.84 Å². The molecule has 0 radical (unpaired) electrons. The number of aliphatic hydroxyl groups is 1. The number of carboxylic acids is 1. The number of nitrogens with zero attached hydrogens (tertiary/aromatic N) is 1. The van der Waals surface area contributed by atoms with E-state index in [-0.39, 0.29) is 18.7 Å². The van der Waals surface area contributed by atoms with Gasteiger partial charge in [0.25, 0.3) is 5.91 Å². The zero-order valence-electron chi connectivity index (χ0n) is 10.8. The zero-order valence-corrected chi connectivity index (χ0v) is 12.4. The highest BCUT2D eigenvalue weighted by atomic mass is 79.9. The van der Waals surface area contributed by atoms with Crippen LogP contribution in [0, 0.1) is 5.82 Å². The summed E-state index contributed by atoms with van der Waals surface area (Å²) in [6.45, 7) is -0.558. The fraction of sp³-hybridized carbons (Fsp3) is 0.385. The van der Waals surface area contributed by atoms with E-state index in [0.29, 0.717) is 4.47 Å². The first kappa shape index (κ1) is 15.7. The van der Waals surface area contributed by atoms with E-state index in [9.17, 15) is 19.1 Å². The number of carbonyl (C=O) groups excluding carboxylic acids is 1. The van der Waals surface area contributed by atoms with Crippen LogP contribution in [0.4, 0.5) is 4.39 Å². The molecule has 0 aliphatic carbocycles. The Morgan fingerprint density at radius 1 is 1.48 bits per heavy atom. The van der Waals surface area contributed by atoms with Gasteiger partial charge < -0.3 is 19.8 Å². The maximum Gasteiger partial charge on any atom is 0.326 e. The van der Waals surface area contributed by atoms with Crippen LogP contribution in [0.25, 0.3) is 0 Å². The Bertz CT molecular complexity index is 567. The highest BCUT2D eigenvalue weighted by molar-refractivity contribution is 9.10. The zero-order chi connectivity index (χ0) is 15.6. The summed E-state index contributed by atoms with van der Waals surface area (Å²) >= 11 is 3.10. The van der Waals surface area contributed by atoms with Gasteiger partial charge in [0.2, 0.25) is 0 Å². The number of hydrogen-bond donors (Lipinski definition) is 2. The summed E-state index contributed by atoms with van der Waals surface area (Å²) < 4.78 is 19.1. The Morgan fingerprint density at radius 2 is 2.19 bits per heavy atom. The topological polar surface area (TPSA) is 87.1 Å². The molecular formula is C13H13BrFNO5. The number of β-amino-alcohol motifs (C(OH)–C–C–N with tert-alkyl or cyclic N) is 1. The van der Waals surface area contributed by atoms with E-state index in [1.807, 2.05) is 0 Å². The lowest BCUT2D eigenvalue weighted by atomic mass is 10.2. The summed E-state index contributed by atoms with van der Waals surface area (Å²) in [6, 6.07) is 3.04. The fourth-order valence-corrected chi connectivity index (χ4v) is 2.47. The van der Waals surface area contributed by atoms with Crippen LogP contribution in [-0.4, -0.2) is 52.3 Å². The third kappa shape index (κ3) is 3.70. The normalized spacial score (nSPS) is 21.4. The summed E-state index contributed by atoms with van der Waals surface area (Å²) in [6.07, 6.45) is -0.896. The van der Waals surface area contributed by atoms with Crippen LogP contribution in [0.3, 0.4) is 0 Å². The Hall–Kier alpha value is -1.67.